The zero-order valence-electron chi connectivity index (χ0n) is 21.5. The van der Waals surface area contributed by atoms with E-state index in [4.69, 9.17) is 6.57 Å². The first kappa shape index (κ1) is 22.8. The minimum absolute atomic E-state index is 0.640. The molecular weight excluding hydrogens is 504 g/mol. The molecular formula is C37H22N2S. The van der Waals surface area contributed by atoms with Crippen LogP contribution in [0.15, 0.2) is 133 Å². The molecule has 0 N–H and O–H groups in total. The van der Waals surface area contributed by atoms with Gasteiger partial charge in [0.2, 0.25) is 5.69 Å². The molecule has 8 rings (SSSR count). The fraction of sp³-hybridized carbons (Fsp3) is 0. The van der Waals surface area contributed by atoms with Crippen LogP contribution in [0.5, 0.6) is 0 Å². The van der Waals surface area contributed by atoms with Crippen LogP contribution in [0.1, 0.15) is 0 Å². The molecule has 0 saturated carbocycles. The van der Waals surface area contributed by atoms with Crippen LogP contribution in [0.3, 0.4) is 0 Å². The normalized spacial score (nSPS) is 11.5. The maximum absolute atomic E-state index is 8.07. The second kappa shape index (κ2) is 8.95. The van der Waals surface area contributed by atoms with Crippen LogP contribution in [0.2, 0.25) is 0 Å². The summed E-state index contributed by atoms with van der Waals surface area (Å²) in [6, 6.07) is 47.1. The molecule has 2 aromatic heterocycles. The first-order valence-electron chi connectivity index (χ1n) is 13.3. The first-order chi connectivity index (χ1) is 19.8. The molecule has 0 spiro atoms. The van der Waals surface area contributed by atoms with Gasteiger partial charge in [-0.2, -0.15) is 0 Å². The van der Waals surface area contributed by atoms with E-state index in [0.717, 1.165) is 27.8 Å². The molecule has 40 heavy (non-hydrogen) atoms. The number of benzene rings is 6. The average Bonchev–Trinajstić information content (AvgIpc) is 3.56. The van der Waals surface area contributed by atoms with Crippen LogP contribution in [0.25, 0.3) is 74.8 Å². The first-order valence-corrected chi connectivity index (χ1v) is 14.1. The fourth-order valence-electron chi connectivity index (χ4n) is 6.02. The number of hydrogen-bond donors (Lipinski definition) is 0. The Balaban J connectivity index is 1.35. The van der Waals surface area contributed by atoms with Gasteiger partial charge >= 0.3 is 0 Å². The van der Waals surface area contributed by atoms with E-state index in [1.165, 1.54) is 42.1 Å². The lowest BCUT2D eigenvalue weighted by molar-refractivity contribution is 1.19. The van der Waals surface area contributed by atoms with Crippen LogP contribution in [0.4, 0.5) is 5.69 Å². The summed E-state index contributed by atoms with van der Waals surface area (Å²) < 4.78 is 4.88. The van der Waals surface area contributed by atoms with Crippen molar-refractivity contribution < 1.29 is 0 Å². The monoisotopic (exact) mass is 526 g/mol. The van der Waals surface area contributed by atoms with Gasteiger partial charge in [-0.05, 0) is 52.6 Å². The standard InChI is InChI=1S/C37H22N2S/c1-38-32-16-9-15-27(37(32)39-33-17-5-2-12-28(33)29-13-3-6-18-34(29)39)26-11-8-10-24(22-26)25-20-21-31-30-14-4-7-19-35(30)40-36(31)23-25/h2-23H. The molecule has 0 atom stereocenters. The third-order valence-corrected chi connectivity index (χ3v) is 8.96. The molecule has 0 aliphatic carbocycles. The predicted octanol–water partition coefficient (Wildman–Crippen LogP) is 11.0. The molecule has 2 nitrogen and oxygen atoms in total. The van der Waals surface area contributed by atoms with Crippen molar-refractivity contribution >= 4 is 59.0 Å². The minimum Gasteiger partial charge on any atom is -0.318 e. The van der Waals surface area contributed by atoms with E-state index in [0.29, 0.717) is 5.69 Å². The van der Waals surface area contributed by atoms with E-state index < -0.39 is 0 Å². The summed E-state index contributed by atoms with van der Waals surface area (Å²) in [5, 5.41) is 5.00. The minimum atomic E-state index is 0.640. The molecule has 2 heterocycles. The van der Waals surface area contributed by atoms with E-state index in [1.807, 2.05) is 23.5 Å². The molecule has 0 bridgehead atoms. The Morgan fingerprint density at radius 3 is 1.90 bits per heavy atom. The lowest BCUT2D eigenvalue weighted by atomic mass is 9.96. The van der Waals surface area contributed by atoms with Crippen molar-refractivity contribution in [1.29, 1.82) is 0 Å². The molecule has 186 valence electrons. The van der Waals surface area contributed by atoms with Crippen molar-refractivity contribution in [2.24, 2.45) is 0 Å². The molecule has 0 saturated heterocycles. The lowest BCUT2D eigenvalue weighted by Gasteiger charge is -2.17. The van der Waals surface area contributed by atoms with Gasteiger partial charge in [-0.15, -0.1) is 11.3 Å². The third kappa shape index (κ3) is 3.41. The van der Waals surface area contributed by atoms with E-state index in [9.17, 15) is 0 Å². The molecule has 0 fully saturated rings. The zero-order valence-corrected chi connectivity index (χ0v) is 22.3. The molecule has 6 aromatic carbocycles. The van der Waals surface area contributed by atoms with Gasteiger partial charge < -0.3 is 4.57 Å². The van der Waals surface area contributed by atoms with Crippen molar-refractivity contribution in [2.75, 3.05) is 0 Å². The van der Waals surface area contributed by atoms with E-state index in [1.54, 1.807) is 0 Å². The third-order valence-electron chi connectivity index (χ3n) is 7.82. The second-order valence-corrected chi connectivity index (χ2v) is 11.1. The highest BCUT2D eigenvalue weighted by atomic mass is 32.1. The highest BCUT2D eigenvalue weighted by Crippen LogP contribution is 2.42. The summed E-state index contributed by atoms with van der Waals surface area (Å²) in [6.07, 6.45) is 0. The number of rotatable bonds is 3. The number of aromatic nitrogens is 1. The van der Waals surface area contributed by atoms with Gasteiger partial charge in [0, 0.05) is 30.9 Å². The number of nitrogens with zero attached hydrogens (tertiary/aromatic N) is 2. The van der Waals surface area contributed by atoms with Crippen molar-refractivity contribution in [1.82, 2.24) is 4.57 Å². The summed E-state index contributed by atoms with van der Waals surface area (Å²) in [4.78, 5) is 3.99. The van der Waals surface area contributed by atoms with Gasteiger partial charge in [-0.25, -0.2) is 4.85 Å². The Labute approximate surface area is 235 Å². The summed E-state index contributed by atoms with van der Waals surface area (Å²) >= 11 is 1.84. The van der Waals surface area contributed by atoms with Gasteiger partial charge in [0.1, 0.15) is 0 Å². The van der Waals surface area contributed by atoms with Crippen LogP contribution >= 0.6 is 11.3 Å². The van der Waals surface area contributed by atoms with E-state index >= 15 is 0 Å². The quantitative estimate of drug-likeness (QED) is 0.203. The maximum atomic E-state index is 8.07. The van der Waals surface area contributed by atoms with E-state index in [2.05, 4.69) is 131 Å². The Kier molecular flexibility index (Phi) is 5.10. The summed E-state index contributed by atoms with van der Waals surface area (Å²) in [6.45, 7) is 8.07. The molecule has 0 unspecified atom stereocenters. The van der Waals surface area contributed by atoms with Crippen LogP contribution in [-0.4, -0.2) is 4.57 Å². The Hall–Kier alpha value is -5.17. The fourth-order valence-corrected chi connectivity index (χ4v) is 7.17. The molecule has 0 radical (unpaired) electrons. The van der Waals surface area contributed by atoms with Crippen LogP contribution in [0, 0.1) is 6.57 Å². The number of para-hydroxylation sites is 3. The van der Waals surface area contributed by atoms with Crippen LogP contribution in [-0.2, 0) is 0 Å². The van der Waals surface area contributed by atoms with Crippen molar-refractivity contribution in [2.45, 2.75) is 0 Å². The molecule has 0 amide bonds. The molecule has 0 aliphatic heterocycles. The number of fused-ring (bicyclic) bond motifs is 6. The van der Waals surface area contributed by atoms with Crippen molar-refractivity contribution in [3.05, 3.63) is 145 Å². The van der Waals surface area contributed by atoms with Crippen LogP contribution < -0.4 is 0 Å². The van der Waals surface area contributed by atoms with Gasteiger partial charge in [0.15, 0.2) is 0 Å². The maximum Gasteiger partial charge on any atom is 0.211 e. The second-order valence-electron chi connectivity index (χ2n) is 10.0. The molecule has 3 heteroatoms. The summed E-state index contributed by atoms with van der Waals surface area (Å²) in [5.74, 6) is 0. The number of hydrogen-bond acceptors (Lipinski definition) is 1. The Morgan fingerprint density at radius 2 is 1.12 bits per heavy atom. The largest absolute Gasteiger partial charge is 0.318 e. The van der Waals surface area contributed by atoms with Gasteiger partial charge in [0.25, 0.3) is 0 Å². The Bertz CT molecular complexity index is 2240. The summed E-state index contributed by atoms with van der Waals surface area (Å²) in [5.41, 5.74) is 8.27. The van der Waals surface area contributed by atoms with Crippen molar-refractivity contribution in [3.63, 3.8) is 0 Å². The smallest absolute Gasteiger partial charge is 0.211 e. The van der Waals surface area contributed by atoms with Gasteiger partial charge in [-0.1, -0.05) is 103 Å². The van der Waals surface area contributed by atoms with Crippen molar-refractivity contribution in [3.8, 4) is 27.9 Å². The van der Waals surface area contributed by atoms with Gasteiger partial charge in [0.05, 0.1) is 23.3 Å². The highest BCUT2D eigenvalue weighted by molar-refractivity contribution is 7.25. The predicted molar refractivity (Wildman–Crippen MR) is 171 cm³/mol. The summed E-state index contributed by atoms with van der Waals surface area (Å²) in [7, 11) is 0. The SMILES string of the molecule is [C-]#[N+]c1cccc(-c2cccc(-c3ccc4c(c3)sc3ccccc34)c2)c1-n1c2ccccc2c2ccccc21. The molecule has 0 aliphatic rings. The number of thiophene rings is 1. The Morgan fingerprint density at radius 1 is 0.500 bits per heavy atom. The topological polar surface area (TPSA) is 9.29 Å². The zero-order chi connectivity index (χ0) is 26.6. The van der Waals surface area contributed by atoms with E-state index in [-0.39, 0.29) is 0 Å². The lowest BCUT2D eigenvalue weighted by Crippen LogP contribution is -1.97. The molecule has 8 aromatic rings. The average molecular weight is 527 g/mol. The van der Waals surface area contributed by atoms with Gasteiger partial charge in [-0.3, -0.25) is 0 Å². The highest BCUT2D eigenvalue weighted by Gasteiger charge is 2.19.